The van der Waals surface area contributed by atoms with Crippen molar-refractivity contribution in [3.8, 4) is 0 Å². The molecule has 0 heterocycles. The number of benzene rings is 1. The van der Waals surface area contributed by atoms with Gasteiger partial charge in [0.25, 0.3) is 0 Å². The molecule has 4 heteroatoms. The molecule has 0 aliphatic heterocycles. The standard InChI is InChI=1S/C12H17ClN2S/c1-4-15(8(2)3)11-6-5-9(13)7-10(11)12(14)16/h5-8H,4H2,1-3H3,(H2,14,16). The van der Waals surface area contributed by atoms with E-state index in [0.717, 1.165) is 17.8 Å². The second-order valence-corrected chi connectivity index (χ2v) is 4.78. The Kier molecular flexibility index (Phi) is 4.56. The van der Waals surface area contributed by atoms with Gasteiger partial charge in [0.05, 0.1) is 0 Å². The highest BCUT2D eigenvalue weighted by molar-refractivity contribution is 7.80. The van der Waals surface area contributed by atoms with Gasteiger partial charge in [-0.25, -0.2) is 0 Å². The largest absolute Gasteiger partial charge is 0.389 e. The van der Waals surface area contributed by atoms with Crippen LogP contribution >= 0.6 is 23.8 Å². The van der Waals surface area contributed by atoms with E-state index in [2.05, 4.69) is 25.7 Å². The van der Waals surface area contributed by atoms with E-state index in [0.29, 0.717) is 16.1 Å². The second kappa shape index (κ2) is 5.51. The first kappa shape index (κ1) is 13.3. The van der Waals surface area contributed by atoms with Crippen molar-refractivity contribution in [1.82, 2.24) is 0 Å². The summed E-state index contributed by atoms with van der Waals surface area (Å²) in [5.74, 6) is 0. The molecule has 0 atom stereocenters. The summed E-state index contributed by atoms with van der Waals surface area (Å²) in [6, 6.07) is 6.06. The van der Waals surface area contributed by atoms with Crippen LogP contribution in [0.2, 0.25) is 5.02 Å². The van der Waals surface area contributed by atoms with E-state index in [1.165, 1.54) is 0 Å². The first-order valence-electron chi connectivity index (χ1n) is 5.33. The van der Waals surface area contributed by atoms with Crippen molar-refractivity contribution in [1.29, 1.82) is 0 Å². The molecule has 2 nitrogen and oxygen atoms in total. The highest BCUT2D eigenvalue weighted by Gasteiger charge is 2.14. The van der Waals surface area contributed by atoms with Crippen LogP contribution in [0, 0.1) is 0 Å². The predicted molar refractivity (Wildman–Crippen MR) is 75.5 cm³/mol. The van der Waals surface area contributed by atoms with E-state index in [-0.39, 0.29) is 0 Å². The van der Waals surface area contributed by atoms with Crippen molar-refractivity contribution in [2.45, 2.75) is 26.8 Å². The van der Waals surface area contributed by atoms with Gasteiger partial charge in [-0.3, -0.25) is 0 Å². The van der Waals surface area contributed by atoms with Crippen LogP contribution in [0.15, 0.2) is 18.2 Å². The quantitative estimate of drug-likeness (QED) is 0.839. The highest BCUT2D eigenvalue weighted by atomic mass is 35.5. The number of halogens is 1. The van der Waals surface area contributed by atoms with Crippen LogP contribution in [0.1, 0.15) is 26.3 Å². The van der Waals surface area contributed by atoms with Crippen molar-refractivity contribution in [3.05, 3.63) is 28.8 Å². The average Bonchev–Trinajstić information content (AvgIpc) is 2.20. The molecular weight excluding hydrogens is 240 g/mol. The summed E-state index contributed by atoms with van der Waals surface area (Å²) in [5, 5.41) is 0.659. The lowest BCUT2D eigenvalue weighted by atomic mass is 10.1. The predicted octanol–water partition coefficient (Wildman–Crippen LogP) is 3.21. The maximum absolute atomic E-state index is 5.95. The summed E-state index contributed by atoms with van der Waals surface area (Å²) in [6.45, 7) is 7.30. The topological polar surface area (TPSA) is 29.3 Å². The Balaban J connectivity index is 3.26. The van der Waals surface area contributed by atoms with Gasteiger partial charge in [0, 0.05) is 28.9 Å². The number of anilines is 1. The molecule has 0 aliphatic rings. The van der Waals surface area contributed by atoms with E-state index in [9.17, 15) is 0 Å². The molecule has 0 aromatic heterocycles. The minimum absolute atomic E-state index is 0.386. The third-order valence-corrected chi connectivity index (χ3v) is 2.95. The van der Waals surface area contributed by atoms with Crippen LogP contribution in [0.4, 0.5) is 5.69 Å². The van der Waals surface area contributed by atoms with Gasteiger partial charge >= 0.3 is 0 Å². The Bertz CT molecular complexity index is 391. The van der Waals surface area contributed by atoms with Crippen LogP contribution in [-0.2, 0) is 0 Å². The molecule has 0 spiro atoms. The van der Waals surface area contributed by atoms with Gasteiger partial charge in [0.1, 0.15) is 4.99 Å². The Morgan fingerprint density at radius 1 is 1.50 bits per heavy atom. The number of nitrogens with zero attached hydrogens (tertiary/aromatic N) is 1. The van der Waals surface area contributed by atoms with Crippen LogP contribution in [0.3, 0.4) is 0 Å². The molecule has 1 rings (SSSR count). The molecule has 0 bridgehead atoms. The Hall–Kier alpha value is -0.800. The van der Waals surface area contributed by atoms with E-state index in [1.807, 2.05) is 18.2 Å². The Morgan fingerprint density at radius 3 is 2.56 bits per heavy atom. The summed E-state index contributed by atoms with van der Waals surface area (Å²) < 4.78 is 0. The third kappa shape index (κ3) is 2.86. The molecule has 0 aliphatic carbocycles. The van der Waals surface area contributed by atoms with E-state index < -0.39 is 0 Å². The fourth-order valence-corrected chi connectivity index (χ4v) is 2.11. The van der Waals surface area contributed by atoms with Crippen LogP contribution in [0.5, 0.6) is 0 Å². The Morgan fingerprint density at radius 2 is 2.12 bits per heavy atom. The summed E-state index contributed by atoms with van der Waals surface area (Å²) >= 11 is 11.0. The number of hydrogen-bond acceptors (Lipinski definition) is 2. The monoisotopic (exact) mass is 256 g/mol. The van der Waals surface area contributed by atoms with E-state index >= 15 is 0 Å². The van der Waals surface area contributed by atoms with Crippen molar-refractivity contribution in [3.63, 3.8) is 0 Å². The molecule has 0 unspecified atom stereocenters. The molecule has 0 amide bonds. The zero-order valence-electron chi connectivity index (χ0n) is 9.83. The number of rotatable bonds is 4. The lowest BCUT2D eigenvalue weighted by Gasteiger charge is -2.29. The average molecular weight is 257 g/mol. The Labute approximate surface area is 107 Å². The van der Waals surface area contributed by atoms with Crippen molar-refractivity contribution >= 4 is 34.5 Å². The molecule has 1 aromatic rings. The summed E-state index contributed by atoms with van der Waals surface area (Å²) in [4.78, 5) is 2.63. The maximum atomic E-state index is 5.95. The molecule has 88 valence electrons. The van der Waals surface area contributed by atoms with Crippen molar-refractivity contribution in [2.24, 2.45) is 5.73 Å². The van der Waals surface area contributed by atoms with Gasteiger partial charge in [-0.1, -0.05) is 23.8 Å². The van der Waals surface area contributed by atoms with Gasteiger partial charge < -0.3 is 10.6 Å². The normalized spacial score (nSPS) is 10.6. The van der Waals surface area contributed by atoms with Gasteiger partial charge in [-0.2, -0.15) is 0 Å². The second-order valence-electron chi connectivity index (χ2n) is 3.91. The number of hydrogen-bond donors (Lipinski definition) is 1. The van der Waals surface area contributed by atoms with Crippen LogP contribution in [0.25, 0.3) is 0 Å². The zero-order chi connectivity index (χ0) is 12.3. The molecule has 16 heavy (non-hydrogen) atoms. The van der Waals surface area contributed by atoms with Gasteiger partial charge in [-0.15, -0.1) is 0 Å². The summed E-state index contributed by atoms with van der Waals surface area (Å²) in [6.07, 6.45) is 0. The van der Waals surface area contributed by atoms with E-state index in [1.54, 1.807) is 0 Å². The third-order valence-electron chi connectivity index (χ3n) is 2.50. The van der Waals surface area contributed by atoms with Gasteiger partial charge in [0.2, 0.25) is 0 Å². The molecular formula is C12H17ClN2S. The molecule has 1 aromatic carbocycles. The minimum Gasteiger partial charge on any atom is -0.389 e. The lowest BCUT2D eigenvalue weighted by molar-refractivity contribution is 0.703. The smallest absolute Gasteiger partial charge is 0.106 e. The molecule has 0 saturated heterocycles. The van der Waals surface area contributed by atoms with Gasteiger partial charge in [-0.05, 0) is 39.0 Å². The van der Waals surface area contributed by atoms with Gasteiger partial charge in [0.15, 0.2) is 0 Å². The highest BCUT2D eigenvalue weighted by Crippen LogP contribution is 2.25. The molecule has 2 N–H and O–H groups in total. The zero-order valence-corrected chi connectivity index (χ0v) is 11.4. The first-order chi connectivity index (χ1) is 7.47. The fraction of sp³-hybridized carbons (Fsp3) is 0.417. The van der Waals surface area contributed by atoms with Crippen molar-refractivity contribution in [2.75, 3.05) is 11.4 Å². The summed E-state index contributed by atoms with van der Waals surface area (Å²) in [7, 11) is 0. The fourth-order valence-electron chi connectivity index (χ4n) is 1.77. The molecule has 0 radical (unpaired) electrons. The number of thiocarbonyl (C=S) groups is 1. The first-order valence-corrected chi connectivity index (χ1v) is 6.12. The molecule has 0 saturated carbocycles. The SMILES string of the molecule is CCN(c1ccc(Cl)cc1C(N)=S)C(C)C. The molecule has 0 fully saturated rings. The lowest BCUT2D eigenvalue weighted by Crippen LogP contribution is -2.32. The van der Waals surface area contributed by atoms with Crippen molar-refractivity contribution < 1.29 is 0 Å². The minimum atomic E-state index is 0.386. The van der Waals surface area contributed by atoms with Crippen LogP contribution in [-0.4, -0.2) is 17.6 Å². The van der Waals surface area contributed by atoms with Crippen LogP contribution < -0.4 is 10.6 Å². The van der Waals surface area contributed by atoms with E-state index in [4.69, 9.17) is 29.6 Å². The summed E-state index contributed by atoms with van der Waals surface area (Å²) in [5.41, 5.74) is 7.62. The number of nitrogens with two attached hydrogens (primary N) is 1. The maximum Gasteiger partial charge on any atom is 0.106 e.